The molecular weight excluding hydrogens is 511 g/mol. The first kappa shape index (κ1) is 28.1. The zero-order valence-corrected chi connectivity index (χ0v) is 20.0. The largest absolute Gasteiger partial charge is 0.497 e. The average molecular weight is 543 g/mol. The maximum Gasteiger partial charge on any atom is 0.387 e. The van der Waals surface area contributed by atoms with Crippen LogP contribution in [0.15, 0.2) is 23.2 Å². The number of carbonyl (C=O) groups excluding carboxylic acids is 1. The van der Waals surface area contributed by atoms with Gasteiger partial charge in [0.25, 0.3) is 0 Å². The summed E-state index contributed by atoms with van der Waals surface area (Å²) < 4.78 is 39.8. The van der Waals surface area contributed by atoms with Crippen LogP contribution in [0.5, 0.6) is 11.5 Å². The second kappa shape index (κ2) is 16.9. The highest BCUT2D eigenvalue weighted by atomic mass is 127. The van der Waals surface area contributed by atoms with Crippen molar-refractivity contribution in [3.63, 3.8) is 0 Å². The molecule has 0 saturated heterocycles. The van der Waals surface area contributed by atoms with Gasteiger partial charge < -0.3 is 24.8 Å². The number of unbranched alkanes of at least 4 members (excludes halogenated alkanes) is 3. The molecule has 0 unspecified atom stereocenters. The Kier molecular flexibility index (Phi) is 15.9. The molecule has 0 atom stereocenters. The maximum absolute atomic E-state index is 12.6. The van der Waals surface area contributed by atoms with Crippen molar-refractivity contribution in [3.05, 3.63) is 23.8 Å². The molecule has 172 valence electrons. The number of carbonyl (C=O) groups is 1. The number of alkyl halides is 2. The molecule has 0 heterocycles. The fraction of sp³-hybridized carbons (Fsp3) is 0.600. The number of rotatable bonds is 13. The average Bonchev–Trinajstić information content (AvgIpc) is 2.70. The third kappa shape index (κ3) is 12.0. The lowest BCUT2D eigenvalue weighted by molar-refractivity contribution is -0.143. The Labute approximate surface area is 194 Å². The number of nitrogens with one attached hydrogen (secondary N) is 2. The first-order valence-corrected chi connectivity index (χ1v) is 9.72. The molecule has 0 aromatic heterocycles. The van der Waals surface area contributed by atoms with Crippen LogP contribution in [0.4, 0.5) is 8.78 Å². The predicted molar refractivity (Wildman–Crippen MR) is 123 cm³/mol. The van der Waals surface area contributed by atoms with E-state index in [0.29, 0.717) is 36.8 Å². The van der Waals surface area contributed by atoms with Crippen LogP contribution in [-0.2, 0) is 16.1 Å². The van der Waals surface area contributed by atoms with E-state index in [1.807, 2.05) is 0 Å². The molecule has 1 rings (SSSR count). The van der Waals surface area contributed by atoms with Crippen molar-refractivity contribution in [2.75, 3.05) is 27.3 Å². The van der Waals surface area contributed by atoms with Gasteiger partial charge in [0.1, 0.15) is 11.5 Å². The number of hydrogen-bond acceptors (Lipinski definition) is 5. The molecular formula is C20H32F2IN3O4. The molecule has 0 aliphatic carbocycles. The van der Waals surface area contributed by atoms with Gasteiger partial charge in [-0.3, -0.25) is 9.79 Å². The fourth-order valence-corrected chi connectivity index (χ4v) is 2.62. The quantitative estimate of drug-likeness (QED) is 0.128. The molecule has 2 N–H and O–H groups in total. The third-order valence-corrected chi connectivity index (χ3v) is 4.06. The summed E-state index contributed by atoms with van der Waals surface area (Å²) in [5, 5.41) is 6.25. The maximum atomic E-state index is 12.6. The topological polar surface area (TPSA) is 81.2 Å². The van der Waals surface area contributed by atoms with Crippen molar-refractivity contribution in [2.24, 2.45) is 4.99 Å². The Morgan fingerprint density at radius 2 is 1.90 bits per heavy atom. The lowest BCUT2D eigenvalue weighted by Gasteiger charge is -2.15. The summed E-state index contributed by atoms with van der Waals surface area (Å²) in [7, 11) is 3.14. The summed E-state index contributed by atoms with van der Waals surface area (Å²) in [5.74, 6) is 1.05. The van der Waals surface area contributed by atoms with Crippen molar-refractivity contribution >= 4 is 35.9 Å². The summed E-state index contributed by atoms with van der Waals surface area (Å²) in [6.07, 6.45) is 4.11. The molecule has 0 spiro atoms. The highest BCUT2D eigenvalue weighted by Gasteiger charge is 2.11. The van der Waals surface area contributed by atoms with E-state index >= 15 is 0 Å². The van der Waals surface area contributed by atoms with Crippen LogP contribution in [0.1, 0.15) is 44.6 Å². The third-order valence-electron chi connectivity index (χ3n) is 4.06. The number of benzene rings is 1. The zero-order chi connectivity index (χ0) is 21.5. The standard InChI is InChI=1S/C20H31F2N3O4.HI/c1-4-28-18(26)9-7-5-6-8-12-24-20(23-2)25-14-15-13-16(27-3)10-11-17(15)29-19(21)22;/h10-11,13,19H,4-9,12,14H2,1-3H3,(H2,23,24,25);1H. The number of methoxy groups -OCH3 is 1. The number of guanidine groups is 1. The lowest BCUT2D eigenvalue weighted by Crippen LogP contribution is -2.37. The van der Waals surface area contributed by atoms with E-state index in [1.54, 1.807) is 26.1 Å². The van der Waals surface area contributed by atoms with Crippen molar-refractivity contribution in [1.29, 1.82) is 0 Å². The molecule has 0 bridgehead atoms. The Hall–Kier alpha value is -1.85. The van der Waals surface area contributed by atoms with Crippen molar-refractivity contribution in [3.8, 4) is 11.5 Å². The summed E-state index contributed by atoms with van der Waals surface area (Å²) in [6, 6.07) is 4.66. The minimum absolute atomic E-state index is 0. The van der Waals surface area contributed by atoms with Crippen LogP contribution in [0, 0.1) is 0 Å². The van der Waals surface area contributed by atoms with Gasteiger partial charge in [0.15, 0.2) is 5.96 Å². The summed E-state index contributed by atoms with van der Waals surface area (Å²) in [6.45, 7) is 0.269. The van der Waals surface area contributed by atoms with Gasteiger partial charge in [-0.25, -0.2) is 0 Å². The molecule has 0 aliphatic heterocycles. The number of halogens is 3. The van der Waals surface area contributed by atoms with Crippen LogP contribution < -0.4 is 20.1 Å². The van der Waals surface area contributed by atoms with Crippen LogP contribution in [0.3, 0.4) is 0 Å². The minimum Gasteiger partial charge on any atom is -0.497 e. The fourth-order valence-electron chi connectivity index (χ4n) is 2.62. The Morgan fingerprint density at radius 3 is 2.53 bits per heavy atom. The number of aliphatic imine (C=N–C) groups is 1. The first-order chi connectivity index (χ1) is 14.0. The van der Waals surface area contributed by atoms with Crippen LogP contribution >= 0.6 is 24.0 Å². The minimum atomic E-state index is -2.90. The molecule has 30 heavy (non-hydrogen) atoms. The Morgan fingerprint density at radius 1 is 1.17 bits per heavy atom. The van der Waals surface area contributed by atoms with E-state index in [-0.39, 0.29) is 42.2 Å². The number of nitrogens with zero attached hydrogens (tertiary/aromatic N) is 1. The molecule has 0 amide bonds. The summed E-state index contributed by atoms with van der Waals surface area (Å²) in [4.78, 5) is 15.4. The van der Waals surface area contributed by atoms with Gasteiger partial charge in [-0.15, -0.1) is 24.0 Å². The van der Waals surface area contributed by atoms with Gasteiger partial charge in [-0.2, -0.15) is 8.78 Å². The van der Waals surface area contributed by atoms with E-state index in [1.165, 1.54) is 13.2 Å². The van der Waals surface area contributed by atoms with Gasteiger partial charge in [-0.1, -0.05) is 12.8 Å². The molecule has 1 aromatic rings. The highest BCUT2D eigenvalue weighted by molar-refractivity contribution is 14.0. The van der Waals surface area contributed by atoms with Crippen molar-refractivity contribution < 1.29 is 27.8 Å². The summed E-state index contributed by atoms with van der Waals surface area (Å²) in [5.41, 5.74) is 0.534. The van der Waals surface area contributed by atoms with Crippen LogP contribution in [-0.4, -0.2) is 45.8 Å². The van der Waals surface area contributed by atoms with E-state index < -0.39 is 6.61 Å². The molecule has 0 saturated carbocycles. The van der Waals surface area contributed by atoms with Crippen LogP contribution in [0.25, 0.3) is 0 Å². The Bertz CT molecular complexity index is 648. The number of esters is 1. The lowest BCUT2D eigenvalue weighted by atomic mass is 10.1. The summed E-state index contributed by atoms with van der Waals surface area (Å²) >= 11 is 0. The molecule has 0 radical (unpaired) electrons. The van der Waals surface area contributed by atoms with E-state index in [0.717, 1.165) is 25.7 Å². The van der Waals surface area contributed by atoms with E-state index in [2.05, 4.69) is 20.4 Å². The second-order valence-electron chi connectivity index (χ2n) is 6.17. The molecule has 10 heteroatoms. The molecule has 7 nitrogen and oxygen atoms in total. The zero-order valence-electron chi connectivity index (χ0n) is 17.7. The Balaban J connectivity index is 0.00000841. The van der Waals surface area contributed by atoms with Crippen molar-refractivity contribution in [1.82, 2.24) is 10.6 Å². The van der Waals surface area contributed by atoms with Gasteiger partial charge in [0.2, 0.25) is 0 Å². The predicted octanol–water partition coefficient (Wildman–Crippen LogP) is 4.09. The van der Waals surface area contributed by atoms with Crippen molar-refractivity contribution in [2.45, 2.75) is 52.2 Å². The molecule has 0 fully saturated rings. The molecule has 0 aliphatic rings. The number of ether oxygens (including phenoxy) is 3. The van der Waals surface area contributed by atoms with Gasteiger partial charge in [-0.05, 0) is 38.0 Å². The van der Waals surface area contributed by atoms with Gasteiger partial charge >= 0.3 is 12.6 Å². The van der Waals surface area contributed by atoms with E-state index in [4.69, 9.17) is 9.47 Å². The second-order valence-corrected chi connectivity index (χ2v) is 6.17. The smallest absolute Gasteiger partial charge is 0.387 e. The van der Waals surface area contributed by atoms with Crippen LogP contribution in [0.2, 0.25) is 0 Å². The number of hydrogen-bond donors (Lipinski definition) is 2. The first-order valence-electron chi connectivity index (χ1n) is 9.72. The highest BCUT2D eigenvalue weighted by Crippen LogP contribution is 2.25. The van der Waals surface area contributed by atoms with Gasteiger partial charge in [0.05, 0.1) is 13.7 Å². The van der Waals surface area contributed by atoms with E-state index in [9.17, 15) is 13.6 Å². The monoisotopic (exact) mass is 543 g/mol. The normalized spacial score (nSPS) is 10.9. The molecule has 1 aromatic carbocycles. The van der Waals surface area contributed by atoms with Gasteiger partial charge in [0, 0.05) is 32.1 Å². The SMILES string of the molecule is CCOC(=O)CCCCCCNC(=NC)NCc1cc(OC)ccc1OC(F)F.I.